The summed E-state index contributed by atoms with van der Waals surface area (Å²) in [6, 6.07) is 18.0. The molecule has 2 aromatic carbocycles. The monoisotopic (exact) mass is 281 g/mol. The second kappa shape index (κ2) is 7.07. The molecule has 0 spiro atoms. The highest BCUT2D eigenvalue weighted by Crippen LogP contribution is 2.18. The number of rotatable bonds is 5. The molecule has 0 heterocycles. The number of hydrogen-bond acceptors (Lipinski definition) is 1. The Morgan fingerprint density at radius 1 is 0.952 bits per heavy atom. The number of nitrogens with one attached hydrogen (secondary N) is 1. The Balaban J connectivity index is 2.09. The Morgan fingerprint density at radius 3 is 2.10 bits per heavy atom. The summed E-state index contributed by atoms with van der Waals surface area (Å²) in [5, 5.41) is 3.11. The van der Waals surface area contributed by atoms with Gasteiger partial charge in [0.05, 0.1) is 6.04 Å². The third-order valence-corrected chi connectivity index (χ3v) is 3.76. The largest absolute Gasteiger partial charge is 0.345 e. The first kappa shape index (κ1) is 15.3. The van der Waals surface area contributed by atoms with E-state index in [1.54, 1.807) is 0 Å². The fraction of sp³-hybridized carbons (Fsp3) is 0.316. The molecule has 1 N–H and O–H groups in total. The number of benzene rings is 2. The molecule has 1 amide bonds. The van der Waals surface area contributed by atoms with Gasteiger partial charge in [-0.1, -0.05) is 63.2 Å². The van der Waals surface area contributed by atoms with Crippen molar-refractivity contribution in [2.24, 2.45) is 0 Å². The van der Waals surface area contributed by atoms with Gasteiger partial charge in [0.15, 0.2) is 0 Å². The lowest BCUT2D eigenvalue weighted by Crippen LogP contribution is -2.28. The van der Waals surface area contributed by atoms with E-state index in [1.807, 2.05) is 42.5 Å². The van der Waals surface area contributed by atoms with Crippen LogP contribution in [0.4, 0.5) is 0 Å². The number of hydrogen-bond donors (Lipinski definition) is 1. The molecule has 2 rings (SSSR count). The number of carbonyl (C=O) groups excluding carboxylic acids is 1. The van der Waals surface area contributed by atoms with Gasteiger partial charge in [-0.2, -0.15) is 0 Å². The molecule has 1 unspecified atom stereocenters. The van der Waals surface area contributed by atoms with Gasteiger partial charge in [-0.3, -0.25) is 4.79 Å². The van der Waals surface area contributed by atoms with Gasteiger partial charge in [0.25, 0.3) is 5.91 Å². The summed E-state index contributed by atoms with van der Waals surface area (Å²) in [4.78, 5) is 12.4. The van der Waals surface area contributed by atoms with E-state index in [-0.39, 0.29) is 11.9 Å². The van der Waals surface area contributed by atoms with Crippen molar-refractivity contribution in [2.45, 2.75) is 39.2 Å². The van der Waals surface area contributed by atoms with Crippen LogP contribution in [0.25, 0.3) is 0 Å². The number of carbonyl (C=O) groups is 1. The van der Waals surface area contributed by atoms with Crippen molar-refractivity contribution in [3.63, 3.8) is 0 Å². The fourth-order valence-corrected chi connectivity index (χ4v) is 2.37. The molecule has 110 valence electrons. The minimum absolute atomic E-state index is 0.0130. The number of amides is 1. The van der Waals surface area contributed by atoms with E-state index < -0.39 is 0 Å². The van der Waals surface area contributed by atoms with E-state index >= 15 is 0 Å². The van der Waals surface area contributed by atoms with Crippen molar-refractivity contribution in [3.8, 4) is 0 Å². The van der Waals surface area contributed by atoms with Gasteiger partial charge in [-0.25, -0.2) is 0 Å². The van der Waals surface area contributed by atoms with Crippen LogP contribution in [0.2, 0.25) is 0 Å². The lowest BCUT2D eigenvalue weighted by molar-refractivity contribution is 0.0935. The van der Waals surface area contributed by atoms with E-state index in [1.165, 1.54) is 5.56 Å². The van der Waals surface area contributed by atoms with Crippen LogP contribution < -0.4 is 5.32 Å². The first-order valence-corrected chi connectivity index (χ1v) is 7.57. The molecule has 2 aromatic rings. The van der Waals surface area contributed by atoms with Crippen LogP contribution in [0.1, 0.15) is 60.6 Å². The average Bonchev–Trinajstić information content (AvgIpc) is 2.53. The average molecular weight is 281 g/mol. The summed E-state index contributed by atoms with van der Waals surface area (Å²) in [5.41, 5.74) is 3.11. The lowest BCUT2D eigenvalue weighted by atomic mass is 10.0. The highest BCUT2D eigenvalue weighted by atomic mass is 16.1. The van der Waals surface area contributed by atoms with Crippen molar-refractivity contribution in [1.82, 2.24) is 5.32 Å². The second-order valence-corrected chi connectivity index (χ2v) is 5.62. The zero-order valence-electron chi connectivity index (χ0n) is 13.0. The molecular weight excluding hydrogens is 258 g/mol. The maximum absolute atomic E-state index is 12.4. The molecule has 0 aromatic heterocycles. The molecule has 2 heteroatoms. The minimum atomic E-state index is -0.0130. The van der Waals surface area contributed by atoms with Crippen LogP contribution in [-0.2, 0) is 0 Å². The van der Waals surface area contributed by atoms with Crippen molar-refractivity contribution < 1.29 is 4.79 Å². The van der Waals surface area contributed by atoms with Gasteiger partial charge in [-0.15, -0.1) is 0 Å². The Morgan fingerprint density at radius 2 is 1.57 bits per heavy atom. The fourth-order valence-electron chi connectivity index (χ4n) is 2.37. The van der Waals surface area contributed by atoms with E-state index in [0.717, 1.165) is 12.0 Å². The van der Waals surface area contributed by atoms with Crippen molar-refractivity contribution in [2.75, 3.05) is 0 Å². The maximum atomic E-state index is 12.4. The molecule has 0 fully saturated rings. The van der Waals surface area contributed by atoms with Crippen molar-refractivity contribution >= 4 is 5.91 Å². The van der Waals surface area contributed by atoms with E-state index in [0.29, 0.717) is 11.5 Å². The molecule has 0 aliphatic heterocycles. The van der Waals surface area contributed by atoms with Crippen molar-refractivity contribution in [3.05, 3.63) is 71.3 Å². The summed E-state index contributed by atoms with van der Waals surface area (Å²) in [7, 11) is 0. The maximum Gasteiger partial charge on any atom is 0.251 e. The van der Waals surface area contributed by atoms with Gasteiger partial charge < -0.3 is 5.32 Å². The SMILES string of the molecule is CCC(NC(=O)c1ccc(C(C)C)cc1)c1ccccc1. The molecule has 0 aliphatic carbocycles. The summed E-state index contributed by atoms with van der Waals surface area (Å²) < 4.78 is 0. The molecule has 0 saturated carbocycles. The minimum Gasteiger partial charge on any atom is -0.345 e. The molecule has 0 radical (unpaired) electrons. The summed E-state index contributed by atoms with van der Waals surface area (Å²) in [6.07, 6.45) is 0.875. The van der Waals surface area contributed by atoms with Crippen LogP contribution in [0, 0.1) is 0 Å². The normalized spacial score (nSPS) is 12.2. The first-order chi connectivity index (χ1) is 10.1. The Labute approximate surface area is 127 Å². The topological polar surface area (TPSA) is 29.1 Å². The van der Waals surface area contributed by atoms with Gasteiger partial charge in [0.1, 0.15) is 0 Å². The molecule has 21 heavy (non-hydrogen) atoms. The van der Waals surface area contributed by atoms with Crippen LogP contribution in [0.3, 0.4) is 0 Å². The van der Waals surface area contributed by atoms with E-state index in [9.17, 15) is 4.79 Å². The predicted molar refractivity (Wildman–Crippen MR) is 87.5 cm³/mol. The highest BCUT2D eigenvalue weighted by Gasteiger charge is 2.13. The summed E-state index contributed by atoms with van der Waals surface area (Å²) >= 11 is 0. The first-order valence-electron chi connectivity index (χ1n) is 7.57. The van der Waals surface area contributed by atoms with Crippen LogP contribution in [0.15, 0.2) is 54.6 Å². The molecule has 0 saturated heterocycles. The lowest BCUT2D eigenvalue weighted by Gasteiger charge is -2.17. The Hall–Kier alpha value is -2.09. The van der Waals surface area contributed by atoms with E-state index in [4.69, 9.17) is 0 Å². The highest BCUT2D eigenvalue weighted by molar-refractivity contribution is 5.94. The van der Waals surface area contributed by atoms with Crippen LogP contribution in [-0.4, -0.2) is 5.91 Å². The van der Waals surface area contributed by atoms with E-state index in [2.05, 4.69) is 38.2 Å². The molecule has 0 bridgehead atoms. The summed E-state index contributed by atoms with van der Waals surface area (Å²) in [6.45, 7) is 6.38. The standard InChI is InChI=1S/C19H23NO/c1-4-18(16-8-6-5-7-9-16)20-19(21)17-12-10-15(11-13-17)14(2)3/h5-14,18H,4H2,1-3H3,(H,20,21). The van der Waals surface area contributed by atoms with Gasteiger partial charge in [-0.05, 0) is 35.6 Å². The van der Waals surface area contributed by atoms with Gasteiger partial charge in [0.2, 0.25) is 0 Å². The molecule has 0 aliphatic rings. The third-order valence-electron chi connectivity index (χ3n) is 3.76. The molecular formula is C19H23NO. The second-order valence-electron chi connectivity index (χ2n) is 5.62. The molecule has 2 nitrogen and oxygen atoms in total. The third kappa shape index (κ3) is 3.94. The van der Waals surface area contributed by atoms with Gasteiger partial charge >= 0.3 is 0 Å². The van der Waals surface area contributed by atoms with Crippen LogP contribution >= 0.6 is 0 Å². The smallest absolute Gasteiger partial charge is 0.251 e. The Bertz CT molecular complexity index is 572. The Kier molecular flexibility index (Phi) is 5.15. The molecule has 1 atom stereocenters. The quantitative estimate of drug-likeness (QED) is 0.846. The van der Waals surface area contributed by atoms with Gasteiger partial charge in [0, 0.05) is 5.56 Å². The van der Waals surface area contributed by atoms with Crippen molar-refractivity contribution in [1.29, 1.82) is 0 Å². The van der Waals surface area contributed by atoms with Crippen LogP contribution in [0.5, 0.6) is 0 Å². The summed E-state index contributed by atoms with van der Waals surface area (Å²) in [5.74, 6) is 0.468. The predicted octanol–water partition coefficient (Wildman–Crippen LogP) is 4.69. The zero-order chi connectivity index (χ0) is 15.2. The zero-order valence-corrected chi connectivity index (χ0v) is 13.0.